The van der Waals surface area contributed by atoms with Gasteiger partial charge in [-0.15, -0.1) is 23.2 Å². The van der Waals surface area contributed by atoms with Gasteiger partial charge in [0.15, 0.2) is 0 Å². The van der Waals surface area contributed by atoms with E-state index in [4.69, 9.17) is 23.2 Å². The Morgan fingerprint density at radius 3 is 2.23 bits per heavy atom. The summed E-state index contributed by atoms with van der Waals surface area (Å²) in [5.74, 6) is -0.0489. The van der Waals surface area contributed by atoms with Gasteiger partial charge in [-0.05, 0) is 32.9 Å². The van der Waals surface area contributed by atoms with Gasteiger partial charge in [0.25, 0.3) is 0 Å². The fraction of sp³-hybridized carbons (Fsp3) is 0.889. The van der Waals surface area contributed by atoms with Crippen LogP contribution in [-0.4, -0.2) is 34.7 Å². The Bertz CT molecular complexity index is 180. The summed E-state index contributed by atoms with van der Waals surface area (Å²) >= 11 is 12.0. The van der Waals surface area contributed by atoms with Crippen molar-refractivity contribution in [1.82, 2.24) is 4.90 Å². The molecule has 0 saturated carbocycles. The fourth-order valence-corrected chi connectivity index (χ4v) is 2.08. The highest BCUT2D eigenvalue weighted by Crippen LogP contribution is 2.20. The molecule has 1 fully saturated rings. The molecule has 0 N–H and O–H groups in total. The van der Waals surface area contributed by atoms with Crippen molar-refractivity contribution in [2.24, 2.45) is 0 Å². The molecule has 0 radical (unpaired) electrons. The first-order chi connectivity index (χ1) is 6.13. The first-order valence-corrected chi connectivity index (χ1v) is 5.53. The van der Waals surface area contributed by atoms with E-state index in [9.17, 15) is 4.79 Å². The van der Waals surface area contributed by atoms with E-state index >= 15 is 0 Å². The monoisotopic (exact) mass is 223 g/mol. The number of likely N-dealkylation sites (tertiary alicyclic amines) is 1. The Balaban J connectivity index is 2.44. The van der Waals surface area contributed by atoms with E-state index in [-0.39, 0.29) is 11.3 Å². The molecular weight excluding hydrogens is 209 g/mol. The van der Waals surface area contributed by atoms with Crippen LogP contribution >= 0.6 is 23.2 Å². The van der Waals surface area contributed by atoms with Crippen molar-refractivity contribution >= 4 is 29.0 Å². The minimum atomic E-state index is -0.570. The van der Waals surface area contributed by atoms with Crippen molar-refractivity contribution in [3.05, 3.63) is 0 Å². The third-order valence-corrected chi connectivity index (χ3v) is 3.57. The lowest BCUT2D eigenvalue weighted by atomic mass is 10.1. The van der Waals surface area contributed by atoms with Crippen molar-refractivity contribution in [2.45, 2.75) is 37.1 Å². The molecule has 4 heteroatoms. The lowest BCUT2D eigenvalue weighted by Gasteiger charge is -2.32. The zero-order valence-corrected chi connectivity index (χ0v) is 9.31. The molecule has 0 aromatic heterocycles. The van der Waals surface area contributed by atoms with Gasteiger partial charge in [-0.3, -0.25) is 9.69 Å². The molecule has 2 atom stereocenters. The first kappa shape index (κ1) is 11.3. The highest BCUT2D eigenvalue weighted by molar-refractivity contribution is 6.37. The van der Waals surface area contributed by atoms with Gasteiger partial charge in [0, 0.05) is 0 Å². The fourth-order valence-electron chi connectivity index (χ4n) is 1.54. The minimum Gasteiger partial charge on any atom is -0.298 e. The minimum absolute atomic E-state index is 0.0489. The van der Waals surface area contributed by atoms with Gasteiger partial charge >= 0.3 is 0 Å². The molecule has 13 heavy (non-hydrogen) atoms. The first-order valence-electron chi connectivity index (χ1n) is 4.65. The maximum absolute atomic E-state index is 11.0. The highest BCUT2D eigenvalue weighted by Gasteiger charge is 2.27. The van der Waals surface area contributed by atoms with Gasteiger partial charge in [-0.1, -0.05) is 6.42 Å². The lowest BCUT2D eigenvalue weighted by molar-refractivity contribution is -0.117. The Morgan fingerprint density at radius 1 is 1.23 bits per heavy atom. The Hall–Kier alpha value is 0.210. The summed E-state index contributed by atoms with van der Waals surface area (Å²) in [7, 11) is 0. The number of nitrogens with zero attached hydrogens (tertiary/aromatic N) is 1. The van der Waals surface area contributed by atoms with Crippen LogP contribution in [0, 0.1) is 0 Å². The van der Waals surface area contributed by atoms with E-state index in [1.165, 1.54) is 13.3 Å². The van der Waals surface area contributed by atoms with Crippen molar-refractivity contribution in [3.8, 4) is 0 Å². The molecule has 1 aliphatic heterocycles. The standard InChI is InChI=1S/C9H15Cl2NO/c1-7(13)8(10)9(11)12-5-3-2-4-6-12/h8-9H,2-6H2,1H3. The molecule has 0 amide bonds. The van der Waals surface area contributed by atoms with E-state index in [0.29, 0.717) is 0 Å². The number of halogens is 2. The number of hydrogen-bond donors (Lipinski definition) is 0. The topological polar surface area (TPSA) is 20.3 Å². The van der Waals surface area contributed by atoms with Crippen LogP contribution in [0.2, 0.25) is 0 Å². The Labute approximate surface area is 89.2 Å². The second-order valence-electron chi connectivity index (χ2n) is 3.48. The van der Waals surface area contributed by atoms with E-state index in [1.807, 2.05) is 0 Å². The van der Waals surface area contributed by atoms with Gasteiger partial charge in [0.2, 0.25) is 0 Å². The van der Waals surface area contributed by atoms with Crippen LogP contribution in [0.5, 0.6) is 0 Å². The van der Waals surface area contributed by atoms with Crippen LogP contribution in [0.3, 0.4) is 0 Å². The number of carbonyl (C=O) groups is 1. The number of ketones is 1. The number of carbonyl (C=O) groups excluding carboxylic acids is 1. The largest absolute Gasteiger partial charge is 0.298 e. The summed E-state index contributed by atoms with van der Waals surface area (Å²) in [6.07, 6.45) is 3.57. The lowest BCUT2D eigenvalue weighted by Crippen LogP contribution is -2.43. The van der Waals surface area contributed by atoms with Crippen LogP contribution < -0.4 is 0 Å². The number of Topliss-reactive ketones (excluding diaryl/α,β-unsaturated/α-hetero) is 1. The summed E-state index contributed by atoms with van der Waals surface area (Å²) < 4.78 is 0. The number of piperidine rings is 1. The summed E-state index contributed by atoms with van der Waals surface area (Å²) in [5, 5.41) is -0.570. The van der Waals surface area contributed by atoms with Gasteiger partial charge < -0.3 is 0 Å². The van der Waals surface area contributed by atoms with Crippen LogP contribution in [-0.2, 0) is 4.79 Å². The average molecular weight is 224 g/mol. The van der Waals surface area contributed by atoms with Gasteiger partial charge in [-0.2, -0.15) is 0 Å². The van der Waals surface area contributed by atoms with E-state index < -0.39 is 5.38 Å². The van der Waals surface area contributed by atoms with Gasteiger partial charge in [0.1, 0.15) is 16.7 Å². The smallest absolute Gasteiger partial charge is 0.150 e. The van der Waals surface area contributed by atoms with Crippen LogP contribution in [0.4, 0.5) is 0 Å². The average Bonchev–Trinajstić information content (AvgIpc) is 2.17. The molecule has 0 aromatic carbocycles. The molecule has 2 unspecified atom stereocenters. The maximum atomic E-state index is 11.0. The molecule has 0 aliphatic carbocycles. The van der Waals surface area contributed by atoms with Gasteiger partial charge in [-0.25, -0.2) is 0 Å². The number of alkyl halides is 2. The Kier molecular flexibility index (Phi) is 4.50. The third kappa shape index (κ3) is 3.12. The molecule has 0 bridgehead atoms. The van der Waals surface area contributed by atoms with Gasteiger partial charge in [0.05, 0.1) is 0 Å². The number of hydrogen-bond acceptors (Lipinski definition) is 2. The summed E-state index contributed by atoms with van der Waals surface area (Å²) in [6, 6.07) is 0. The molecule has 1 rings (SSSR count). The van der Waals surface area contributed by atoms with Crippen LogP contribution in [0.15, 0.2) is 0 Å². The quantitative estimate of drug-likeness (QED) is 0.541. The summed E-state index contributed by atoms with van der Waals surface area (Å²) in [4.78, 5) is 13.1. The zero-order chi connectivity index (χ0) is 9.84. The predicted octanol–water partition coefficient (Wildman–Crippen LogP) is 2.23. The molecule has 1 aliphatic rings. The van der Waals surface area contributed by atoms with Crippen LogP contribution in [0.1, 0.15) is 26.2 Å². The molecule has 0 spiro atoms. The molecule has 1 heterocycles. The van der Waals surface area contributed by atoms with E-state index in [0.717, 1.165) is 25.9 Å². The highest BCUT2D eigenvalue weighted by atomic mass is 35.5. The molecular formula is C9H15Cl2NO. The van der Waals surface area contributed by atoms with Crippen molar-refractivity contribution in [2.75, 3.05) is 13.1 Å². The Morgan fingerprint density at radius 2 is 1.77 bits per heavy atom. The van der Waals surface area contributed by atoms with Crippen LogP contribution in [0.25, 0.3) is 0 Å². The van der Waals surface area contributed by atoms with Crippen molar-refractivity contribution < 1.29 is 4.79 Å². The van der Waals surface area contributed by atoms with E-state index in [1.54, 1.807) is 0 Å². The summed E-state index contributed by atoms with van der Waals surface area (Å²) in [5.41, 5.74) is -0.334. The predicted molar refractivity (Wildman–Crippen MR) is 55.4 cm³/mol. The molecule has 0 aromatic rings. The molecule has 76 valence electrons. The summed E-state index contributed by atoms with van der Waals surface area (Å²) in [6.45, 7) is 3.41. The number of rotatable bonds is 3. The molecule has 1 saturated heterocycles. The van der Waals surface area contributed by atoms with Crippen molar-refractivity contribution in [3.63, 3.8) is 0 Å². The normalized spacial score (nSPS) is 23.9. The second-order valence-corrected chi connectivity index (χ2v) is 4.40. The van der Waals surface area contributed by atoms with Crippen molar-refractivity contribution in [1.29, 1.82) is 0 Å². The SMILES string of the molecule is CC(=O)C(Cl)C(Cl)N1CCCCC1. The maximum Gasteiger partial charge on any atom is 0.150 e. The second kappa shape index (κ2) is 5.18. The zero-order valence-electron chi connectivity index (χ0n) is 7.80. The van der Waals surface area contributed by atoms with E-state index in [2.05, 4.69) is 4.90 Å². The molecule has 2 nitrogen and oxygen atoms in total. The third-order valence-electron chi connectivity index (χ3n) is 2.37.